The third-order valence-electron chi connectivity index (χ3n) is 3.15. The van der Waals surface area contributed by atoms with Gasteiger partial charge in [0.25, 0.3) is 0 Å². The van der Waals surface area contributed by atoms with Gasteiger partial charge >= 0.3 is 0 Å². The molecule has 2 aromatic carbocycles. The summed E-state index contributed by atoms with van der Waals surface area (Å²) in [6.45, 7) is 0. The smallest absolute Gasteiger partial charge is 0.197 e. The molecule has 0 radical (unpaired) electrons. The van der Waals surface area contributed by atoms with Gasteiger partial charge in [-0.25, -0.2) is 8.78 Å². The van der Waals surface area contributed by atoms with Crippen LogP contribution in [0.2, 0.25) is 0 Å². The van der Waals surface area contributed by atoms with Gasteiger partial charge in [0.2, 0.25) is 0 Å². The fraction of sp³-hybridized carbons (Fsp3) is 0. The number of nitrogen functional groups attached to an aromatic ring is 1. The van der Waals surface area contributed by atoms with E-state index < -0.39 is 17.4 Å². The maximum Gasteiger partial charge on any atom is 0.197 e. The molecule has 0 bridgehead atoms. The number of carbonyl (C=O) groups excluding carboxylic acids is 1. The number of benzene rings is 2. The second-order valence-electron chi connectivity index (χ2n) is 4.45. The molecule has 3 N–H and O–H groups in total. The van der Waals surface area contributed by atoms with Crippen molar-refractivity contribution in [1.82, 2.24) is 4.98 Å². The Labute approximate surface area is 113 Å². The Kier molecular flexibility index (Phi) is 2.75. The molecule has 0 fully saturated rings. The first-order valence-electron chi connectivity index (χ1n) is 5.92. The van der Waals surface area contributed by atoms with E-state index in [1.54, 1.807) is 0 Å². The zero-order chi connectivity index (χ0) is 14.3. The Balaban J connectivity index is 2.17. The Bertz CT molecular complexity index is 824. The number of aromatic nitrogens is 1. The van der Waals surface area contributed by atoms with Crippen LogP contribution in [0.3, 0.4) is 0 Å². The number of H-pyrrole nitrogens is 1. The molecule has 0 atom stereocenters. The lowest BCUT2D eigenvalue weighted by Crippen LogP contribution is -2.05. The van der Waals surface area contributed by atoms with E-state index in [9.17, 15) is 13.6 Å². The van der Waals surface area contributed by atoms with Crippen LogP contribution in [0.4, 0.5) is 14.5 Å². The standard InChI is InChI=1S/C15H10F2N2O/c16-8-1-3-13(18)11(6-8)15(20)12-7-19-14-4-2-9(17)5-10(12)14/h1-7,19H,18H2. The minimum absolute atomic E-state index is 0.0650. The van der Waals surface area contributed by atoms with Crippen molar-refractivity contribution < 1.29 is 13.6 Å². The highest BCUT2D eigenvalue weighted by Gasteiger charge is 2.17. The molecule has 3 rings (SSSR count). The number of fused-ring (bicyclic) bond motifs is 1. The van der Waals surface area contributed by atoms with Gasteiger partial charge in [0, 0.05) is 33.9 Å². The average Bonchev–Trinajstić information content (AvgIpc) is 2.83. The molecule has 0 saturated carbocycles. The van der Waals surface area contributed by atoms with E-state index in [-0.39, 0.29) is 16.8 Å². The maximum atomic E-state index is 13.3. The molecule has 5 heteroatoms. The van der Waals surface area contributed by atoms with E-state index in [4.69, 9.17) is 5.73 Å². The summed E-state index contributed by atoms with van der Waals surface area (Å²) in [5.41, 5.74) is 6.84. The molecule has 3 aromatic rings. The maximum absolute atomic E-state index is 13.3. The first-order valence-corrected chi connectivity index (χ1v) is 5.92. The molecule has 20 heavy (non-hydrogen) atoms. The minimum atomic E-state index is -0.548. The van der Waals surface area contributed by atoms with Gasteiger partial charge in [-0.05, 0) is 36.4 Å². The topological polar surface area (TPSA) is 58.9 Å². The van der Waals surface area contributed by atoms with Crippen LogP contribution in [0.1, 0.15) is 15.9 Å². The molecule has 0 amide bonds. The van der Waals surface area contributed by atoms with Crippen molar-refractivity contribution in [2.45, 2.75) is 0 Å². The van der Waals surface area contributed by atoms with E-state index in [1.807, 2.05) is 0 Å². The van der Waals surface area contributed by atoms with Crippen molar-refractivity contribution >= 4 is 22.4 Å². The minimum Gasteiger partial charge on any atom is -0.398 e. The summed E-state index contributed by atoms with van der Waals surface area (Å²) in [7, 11) is 0. The number of ketones is 1. The highest BCUT2D eigenvalue weighted by atomic mass is 19.1. The summed E-state index contributed by atoms with van der Waals surface area (Å²) in [6.07, 6.45) is 1.47. The van der Waals surface area contributed by atoms with Crippen molar-refractivity contribution in [3.63, 3.8) is 0 Å². The normalized spacial score (nSPS) is 10.9. The van der Waals surface area contributed by atoms with Crippen molar-refractivity contribution in [2.75, 3.05) is 5.73 Å². The molecule has 0 saturated heterocycles. The first kappa shape index (κ1) is 12.3. The highest BCUT2D eigenvalue weighted by molar-refractivity contribution is 6.18. The zero-order valence-corrected chi connectivity index (χ0v) is 10.3. The number of rotatable bonds is 2. The van der Waals surface area contributed by atoms with Gasteiger partial charge in [-0.3, -0.25) is 4.79 Å². The van der Waals surface area contributed by atoms with E-state index >= 15 is 0 Å². The van der Waals surface area contributed by atoms with Crippen molar-refractivity contribution in [3.8, 4) is 0 Å². The molecular formula is C15H10F2N2O. The fourth-order valence-corrected chi connectivity index (χ4v) is 2.15. The van der Waals surface area contributed by atoms with Gasteiger partial charge in [0.15, 0.2) is 5.78 Å². The molecule has 0 aliphatic carbocycles. The van der Waals surface area contributed by atoms with Crippen LogP contribution in [-0.2, 0) is 0 Å². The average molecular weight is 272 g/mol. The summed E-state index contributed by atoms with van der Waals surface area (Å²) < 4.78 is 26.5. The fourth-order valence-electron chi connectivity index (χ4n) is 2.15. The summed E-state index contributed by atoms with van der Waals surface area (Å²) in [5, 5.41) is 0.443. The monoisotopic (exact) mass is 272 g/mol. The summed E-state index contributed by atoms with van der Waals surface area (Å²) in [4.78, 5) is 15.3. The van der Waals surface area contributed by atoms with Gasteiger partial charge in [0.05, 0.1) is 0 Å². The van der Waals surface area contributed by atoms with E-state index in [0.29, 0.717) is 10.9 Å². The lowest BCUT2D eigenvalue weighted by Gasteiger charge is -2.04. The molecule has 1 heterocycles. The lowest BCUT2D eigenvalue weighted by molar-refractivity contribution is 0.104. The number of hydrogen-bond acceptors (Lipinski definition) is 2. The van der Waals surface area contributed by atoms with Crippen molar-refractivity contribution in [3.05, 3.63) is 65.4 Å². The SMILES string of the molecule is Nc1ccc(F)cc1C(=O)c1c[nH]c2ccc(F)cc12. The van der Waals surface area contributed by atoms with Gasteiger partial charge in [0.1, 0.15) is 11.6 Å². The van der Waals surface area contributed by atoms with E-state index in [0.717, 1.165) is 6.07 Å². The van der Waals surface area contributed by atoms with Gasteiger partial charge in [-0.15, -0.1) is 0 Å². The van der Waals surface area contributed by atoms with Crippen LogP contribution in [0.15, 0.2) is 42.6 Å². The number of aromatic amines is 1. The third kappa shape index (κ3) is 1.93. The molecule has 0 spiro atoms. The molecule has 100 valence electrons. The summed E-state index contributed by atoms with van der Waals surface area (Å²) in [6, 6.07) is 7.68. The highest BCUT2D eigenvalue weighted by Crippen LogP contribution is 2.24. The van der Waals surface area contributed by atoms with Crippen LogP contribution in [-0.4, -0.2) is 10.8 Å². The lowest BCUT2D eigenvalue weighted by atomic mass is 10.0. The Hall–Kier alpha value is -2.69. The number of anilines is 1. The van der Waals surface area contributed by atoms with Gasteiger partial charge in [-0.2, -0.15) is 0 Å². The Morgan fingerprint density at radius 3 is 2.50 bits per heavy atom. The number of carbonyl (C=O) groups is 1. The molecular weight excluding hydrogens is 262 g/mol. The predicted octanol–water partition coefficient (Wildman–Crippen LogP) is 3.26. The van der Waals surface area contributed by atoms with E-state index in [1.165, 1.54) is 36.5 Å². The number of nitrogens with one attached hydrogen (secondary N) is 1. The Morgan fingerprint density at radius 2 is 1.70 bits per heavy atom. The van der Waals surface area contributed by atoms with Crippen LogP contribution >= 0.6 is 0 Å². The second-order valence-corrected chi connectivity index (χ2v) is 4.45. The Morgan fingerprint density at radius 1 is 1.00 bits per heavy atom. The quantitative estimate of drug-likeness (QED) is 0.555. The first-order chi connectivity index (χ1) is 9.56. The summed E-state index contributed by atoms with van der Waals surface area (Å²) >= 11 is 0. The summed E-state index contributed by atoms with van der Waals surface area (Å²) in [5.74, 6) is -1.44. The van der Waals surface area contributed by atoms with Gasteiger partial charge < -0.3 is 10.7 Å². The predicted molar refractivity (Wildman–Crippen MR) is 72.5 cm³/mol. The third-order valence-corrected chi connectivity index (χ3v) is 3.15. The molecule has 0 unspecified atom stereocenters. The zero-order valence-electron chi connectivity index (χ0n) is 10.3. The largest absolute Gasteiger partial charge is 0.398 e. The van der Waals surface area contributed by atoms with Crippen LogP contribution in [0, 0.1) is 11.6 Å². The molecule has 0 aliphatic rings. The number of hydrogen-bond donors (Lipinski definition) is 2. The molecule has 1 aromatic heterocycles. The van der Waals surface area contributed by atoms with Crippen LogP contribution < -0.4 is 5.73 Å². The van der Waals surface area contributed by atoms with Crippen LogP contribution in [0.25, 0.3) is 10.9 Å². The van der Waals surface area contributed by atoms with Crippen molar-refractivity contribution in [2.24, 2.45) is 0 Å². The second kappa shape index (κ2) is 4.45. The van der Waals surface area contributed by atoms with E-state index in [2.05, 4.69) is 4.98 Å². The number of halogens is 2. The number of nitrogens with two attached hydrogens (primary N) is 1. The van der Waals surface area contributed by atoms with Crippen LogP contribution in [0.5, 0.6) is 0 Å². The van der Waals surface area contributed by atoms with Crippen molar-refractivity contribution in [1.29, 1.82) is 0 Å². The molecule has 0 aliphatic heterocycles. The van der Waals surface area contributed by atoms with Gasteiger partial charge in [-0.1, -0.05) is 0 Å². The molecule has 3 nitrogen and oxygen atoms in total.